The molecule has 4 N–H and O–H groups in total. The Labute approximate surface area is 285 Å². The summed E-state index contributed by atoms with van der Waals surface area (Å²) in [6.45, 7) is 3.74. The first-order chi connectivity index (χ1) is 23.6. The zero-order valence-electron chi connectivity index (χ0n) is 28.2. The topological polar surface area (TPSA) is 130 Å². The van der Waals surface area contributed by atoms with Crippen molar-refractivity contribution in [1.29, 1.82) is 0 Å². The molecule has 9 heteroatoms. The third-order valence-electron chi connectivity index (χ3n) is 10.5. The Morgan fingerprint density at radius 2 is 1.20 bits per heavy atom. The lowest BCUT2D eigenvalue weighted by molar-refractivity contribution is 0.00316. The molecule has 7 rings (SSSR count). The summed E-state index contributed by atoms with van der Waals surface area (Å²) in [7, 11) is 4.84. The number of methoxy groups -OCH3 is 2. The van der Waals surface area contributed by atoms with Gasteiger partial charge in [-0.2, -0.15) is 0 Å². The Balaban J connectivity index is 1.40. The molecule has 2 aliphatic heterocycles. The summed E-state index contributed by atoms with van der Waals surface area (Å²) in [6.07, 6.45) is 0.159. The van der Waals surface area contributed by atoms with Crippen LogP contribution >= 0.6 is 0 Å². The Morgan fingerprint density at radius 3 is 1.80 bits per heavy atom. The molecule has 0 radical (unpaired) electrons. The highest BCUT2D eigenvalue weighted by molar-refractivity contribution is 5.98. The minimum atomic E-state index is -0.618. The molecule has 1 saturated heterocycles. The van der Waals surface area contributed by atoms with E-state index in [1.54, 1.807) is 37.4 Å². The number of aromatic hydroxyl groups is 4. The van der Waals surface area contributed by atoms with E-state index in [-0.39, 0.29) is 29.1 Å². The van der Waals surface area contributed by atoms with Crippen molar-refractivity contribution in [1.82, 2.24) is 0 Å². The van der Waals surface area contributed by atoms with Gasteiger partial charge in [0, 0.05) is 12.5 Å². The van der Waals surface area contributed by atoms with Gasteiger partial charge in [-0.25, -0.2) is 0 Å². The van der Waals surface area contributed by atoms with Crippen molar-refractivity contribution in [2.75, 3.05) is 21.3 Å². The lowest BCUT2D eigenvalue weighted by atomic mass is 9.63. The van der Waals surface area contributed by atoms with E-state index in [2.05, 4.69) is 0 Å². The molecule has 9 nitrogen and oxygen atoms in total. The van der Waals surface area contributed by atoms with Gasteiger partial charge < -0.3 is 39.4 Å². The average molecular weight is 664 g/mol. The first kappa shape index (κ1) is 32.6. The predicted octanol–water partition coefficient (Wildman–Crippen LogP) is 8.01. The van der Waals surface area contributed by atoms with E-state index in [4.69, 9.17) is 23.9 Å². The van der Waals surface area contributed by atoms with E-state index >= 15 is 0 Å². The first-order valence-corrected chi connectivity index (χ1v) is 16.4. The second kappa shape index (κ2) is 12.5. The zero-order valence-corrected chi connectivity index (χ0v) is 28.2. The van der Waals surface area contributed by atoms with Gasteiger partial charge in [-0.3, -0.25) is 4.99 Å². The fourth-order valence-electron chi connectivity index (χ4n) is 8.03. The van der Waals surface area contributed by atoms with E-state index in [9.17, 15) is 20.4 Å². The molecular weight excluding hydrogens is 622 g/mol. The van der Waals surface area contributed by atoms with Crippen LogP contribution < -0.4 is 9.47 Å². The number of hydrogen-bond acceptors (Lipinski definition) is 9. The average Bonchev–Trinajstić information content (AvgIpc) is 3.62. The molecule has 1 fully saturated rings. The highest BCUT2D eigenvalue weighted by Gasteiger charge is 2.58. The summed E-state index contributed by atoms with van der Waals surface area (Å²) in [4.78, 5) is 4.95. The van der Waals surface area contributed by atoms with Gasteiger partial charge in [0.25, 0.3) is 0 Å². The van der Waals surface area contributed by atoms with Gasteiger partial charge in [-0.05, 0) is 126 Å². The predicted molar refractivity (Wildman–Crippen MR) is 185 cm³/mol. The SMILES string of the molecule is CN=C1[C@@H](c2ccc(O)c(C)c2)O[C@@H](c2ccc(OC)c(O)c2)[C@@]12CCC1=C(C2)[C@@H](c2ccc(O)c(OC)c2)O[C@H]1c1ccc(O)c(C)c1. The van der Waals surface area contributed by atoms with Crippen LogP contribution in [0.5, 0.6) is 34.5 Å². The standard InChI is InChI=1S/C40H41NO8/c1-21-16-23(6-10-29(21)42)35-27-14-15-40(20-28(27)36(48-35)25-8-12-31(44)34(19-25)47-5)38(41-3)37(24-7-11-30(43)22(2)17-24)49-39(40)26-9-13-33(46-4)32(45)18-26/h6-13,16-19,35-37,39,42-45H,14-15,20H2,1-5H3/t35-,36+,37+,39-,40+/m0/s1. The van der Waals surface area contributed by atoms with Crippen LogP contribution in [0.25, 0.3) is 0 Å². The molecule has 2 heterocycles. The van der Waals surface area contributed by atoms with Crippen LogP contribution in [0, 0.1) is 19.3 Å². The van der Waals surface area contributed by atoms with Crippen molar-refractivity contribution in [2.45, 2.75) is 57.5 Å². The van der Waals surface area contributed by atoms with Gasteiger partial charge in [-0.1, -0.05) is 24.3 Å². The number of ether oxygens (including phenoxy) is 4. The quantitative estimate of drug-likeness (QED) is 0.153. The summed E-state index contributed by atoms with van der Waals surface area (Å²) < 4.78 is 24.8. The lowest BCUT2D eigenvalue weighted by Gasteiger charge is -2.39. The summed E-state index contributed by atoms with van der Waals surface area (Å²) in [6, 6.07) is 21.8. The molecule has 4 aromatic rings. The molecule has 1 spiro atoms. The largest absolute Gasteiger partial charge is 0.508 e. The molecule has 1 aliphatic carbocycles. The van der Waals surface area contributed by atoms with Crippen molar-refractivity contribution in [2.24, 2.45) is 10.4 Å². The maximum Gasteiger partial charge on any atom is 0.160 e. The molecule has 0 saturated carbocycles. The monoisotopic (exact) mass is 663 g/mol. The third kappa shape index (κ3) is 5.37. The molecule has 0 amide bonds. The number of phenolic OH excluding ortho intramolecular Hbond substituents is 4. The maximum absolute atomic E-state index is 10.9. The van der Waals surface area contributed by atoms with E-state index in [0.717, 1.165) is 44.7 Å². The third-order valence-corrected chi connectivity index (χ3v) is 10.5. The van der Waals surface area contributed by atoms with Crippen LogP contribution in [0.2, 0.25) is 0 Å². The molecule has 3 aliphatic rings. The molecule has 0 aromatic heterocycles. The number of aryl methyl sites for hydroxylation is 2. The van der Waals surface area contributed by atoms with E-state index in [0.29, 0.717) is 30.8 Å². The highest BCUT2D eigenvalue weighted by atomic mass is 16.5. The molecule has 0 unspecified atom stereocenters. The molecule has 49 heavy (non-hydrogen) atoms. The minimum Gasteiger partial charge on any atom is -0.508 e. The summed E-state index contributed by atoms with van der Waals surface area (Å²) in [5.41, 5.74) is 7.52. The maximum atomic E-state index is 10.9. The number of aliphatic imine (C=N–C) groups is 1. The Morgan fingerprint density at radius 1 is 0.633 bits per heavy atom. The van der Waals surface area contributed by atoms with Gasteiger partial charge in [0.1, 0.15) is 29.8 Å². The van der Waals surface area contributed by atoms with Crippen molar-refractivity contribution in [3.63, 3.8) is 0 Å². The highest BCUT2D eigenvalue weighted by Crippen LogP contribution is 2.64. The lowest BCUT2D eigenvalue weighted by Crippen LogP contribution is -2.36. The van der Waals surface area contributed by atoms with E-state index < -0.39 is 23.7 Å². The van der Waals surface area contributed by atoms with Gasteiger partial charge in [0.2, 0.25) is 0 Å². The van der Waals surface area contributed by atoms with Crippen LogP contribution in [0.15, 0.2) is 88.9 Å². The van der Waals surface area contributed by atoms with Crippen molar-refractivity contribution in [3.05, 3.63) is 117 Å². The van der Waals surface area contributed by atoms with Crippen LogP contribution in [-0.4, -0.2) is 47.4 Å². The molecule has 0 bridgehead atoms. The Hall–Kier alpha value is -4.99. The van der Waals surface area contributed by atoms with Gasteiger partial charge in [0.15, 0.2) is 23.0 Å². The van der Waals surface area contributed by atoms with Crippen LogP contribution in [0.4, 0.5) is 0 Å². The number of rotatable bonds is 6. The van der Waals surface area contributed by atoms with Gasteiger partial charge >= 0.3 is 0 Å². The summed E-state index contributed by atoms with van der Waals surface area (Å²) in [5.74, 6) is 1.23. The number of phenols is 4. The van der Waals surface area contributed by atoms with Crippen molar-refractivity contribution >= 4 is 5.71 Å². The van der Waals surface area contributed by atoms with Gasteiger partial charge in [0.05, 0.1) is 26.0 Å². The smallest absolute Gasteiger partial charge is 0.160 e. The summed E-state index contributed by atoms with van der Waals surface area (Å²) in [5, 5.41) is 42.0. The van der Waals surface area contributed by atoms with E-state index in [1.165, 1.54) is 19.8 Å². The van der Waals surface area contributed by atoms with Gasteiger partial charge in [-0.15, -0.1) is 0 Å². The van der Waals surface area contributed by atoms with E-state index in [1.807, 2.05) is 56.3 Å². The number of hydrogen-bond donors (Lipinski definition) is 4. The minimum absolute atomic E-state index is 0.0226. The van der Waals surface area contributed by atoms with Crippen LogP contribution in [0.1, 0.15) is 77.1 Å². The second-order valence-corrected chi connectivity index (χ2v) is 13.2. The Kier molecular flexibility index (Phi) is 8.29. The normalized spacial score (nSPS) is 25.6. The van der Waals surface area contributed by atoms with Crippen LogP contribution in [-0.2, 0) is 9.47 Å². The van der Waals surface area contributed by atoms with Crippen LogP contribution in [0.3, 0.4) is 0 Å². The second-order valence-electron chi connectivity index (χ2n) is 13.2. The summed E-state index contributed by atoms with van der Waals surface area (Å²) >= 11 is 0. The molecular formula is C40H41NO8. The number of benzene rings is 4. The van der Waals surface area contributed by atoms with Crippen molar-refractivity contribution < 1.29 is 39.4 Å². The molecule has 4 aromatic carbocycles. The van der Waals surface area contributed by atoms with Crippen molar-refractivity contribution in [3.8, 4) is 34.5 Å². The molecule has 5 atom stereocenters. The first-order valence-electron chi connectivity index (χ1n) is 16.4. The molecule has 254 valence electrons. The fraction of sp³-hybridized carbons (Fsp3) is 0.325. The Bertz CT molecular complexity index is 2000. The zero-order chi connectivity index (χ0) is 34.6. The fourth-order valence-corrected chi connectivity index (χ4v) is 8.03. The number of nitrogens with zero attached hydrogens (tertiary/aromatic N) is 1.